The molecule has 1 atom stereocenters. The zero-order valence-electron chi connectivity index (χ0n) is 33.3. The van der Waals surface area contributed by atoms with Crippen molar-refractivity contribution in [3.8, 4) is 0 Å². The van der Waals surface area contributed by atoms with Gasteiger partial charge in [0.25, 0.3) is 23.3 Å². The first kappa shape index (κ1) is 30.7. The lowest BCUT2D eigenvalue weighted by Gasteiger charge is -2.41. The Hall–Kier alpha value is -5.76. The maximum atomic E-state index is 5.84. The highest BCUT2D eigenvalue weighted by molar-refractivity contribution is 6.25. The highest BCUT2D eigenvalue weighted by atomic mass is 15.7. The number of fused-ring (bicyclic) bond motifs is 12. The summed E-state index contributed by atoms with van der Waals surface area (Å²) in [6.07, 6.45) is 0. The Labute approximate surface area is 313 Å². The number of aryl methyl sites for hydroxylation is 4. The largest absolute Gasteiger partial charge is 0.402 e. The number of aliphatic imine (C=N–C) groups is 2. The van der Waals surface area contributed by atoms with Crippen molar-refractivity contribution in [2.75, 3.05) is 0 Å². The van der Waals surface area contributed by atoms with Crippen LogP contribution in [0, 0.1) is 90.0 Å². The minimum atomic E-state index is -1.01. The van der Waals surface area contributed by atoms with E-state index in [-0.39, 0.29) is 0 Å². The minimum Gasteiger partial charge on any atom is -0.211 e. The second-order valence-corrected chi connectivity index (χ2v) is 16.8. The Kier molecular flexibility index (Phi) is 5.08. The van der Waals surface area contributed by atoms with Gasteiger partial charge in [-0.1, -0.05) is 15.0 Å². The van der Waals surface area contributed by atoms with Crippen molar-refractivity contribution in [1.82, 2.24) is 9.13 Å². The maximum Gasteiger partial charge on any atom is 0.402 e. The van der Waals surface area contributed by atoms with Gasteiger partial charge in [0.1, 0.15) is 0 Å². The Morgan fingerprint density at radius 3 is 1.43 bits per heavy atom. The molecule has 0 radical (unpaired) electrons. The summed E-state index contributed by atoms with van der Waals surface area (Å²) in [6, 6.07) is 7.01. The summed E-state index contributed by atoms with van der Waals surface area (Å²) in [7, 11) is 0. The Balaban J connectivity index is 1.44. The summed E-state index contributed by atoms with van der Waals surface area (Å²) < 4.78 is 9.84. The molecule has 1 unspecified atom stereocenters. The fourth-order valence-corrected chi connectivity index (χ4v) is 10.8. The molecule has 2 aromatic heterocycles. The van der Waals surface area contributed by atoms with Gasteiger partial charge < -0.3 is 0 Å². The van der Waals surface area contributed by atoms with Crippen molar-refractivity contribution >= 4 is 56.5 Å². The van der Waals surface area contributed by atoms with Crippen molar-refractivity contribution in [1.29, 1.82) is 0 Å². The van der Waals surface area contributed by atoms with Crippen molar-refractivity contribution in [2.45, 2.75) is 95.9 Å². The van der Waals surface area contributed by atoms with Gasteiger partial charge in [-0.2, -0.15) is 0 Å². The van der Waals surface area contributed by atoms with Crippen LogP contribution in [0.1, 0.15) is 94.6 Å². The first-order chi connectivity index (χ1) is 25.7. The van der Waals surface area contributed by atoms with Crippen LogP contribution in [0.3, 0.4) is 0 Å². The van der Waals surface area contributed by atoms with Crippen LogP contribution in [0.5, 0.6) is 0 Å². The second kappa shape index (κ2) is 8.95. The molecule has 0 aliphatic carbocycles. The van der Waals surface area contributed by atoms with Gasteiger partial charge in [0.05, 0.1) is 22.3 Å². The molecule has 0 fully saturated rings. The fourth-order valence-electron chi connectivity index (χ4n) is 10.8. The standard InChI is InChI=1S/C46H42N8/c1-17-14-30-31(15-18(17)2)39-48-42-34-26(10)21(5)23(7)28(12)36(34)44-50-45-37-29(13)24(8)22(6)27(11)35(37)43-49-40-32-16-19(3)20(4)25(9)33(32)41-47-38(30)51(39)46(52(40)41,53(42)44)54(43)45/h14-16H,1-13H3/q+2. The van der Waals surface area contributed by atoms with E-state index >= 15 is 0 Å². The summed E-state index contributed by atoms with van der Waals surface area (Å²) in [6.45, 7) is 29.3. The second-order valence-electron chi connectivity index (χ2n) is 16.8. The molecule has 0 N–H and O–H groups in total. The third kappa shape index (κ3) is 2.85. The van der Waals surface area contributed by atoms with Gasteiger partial charge in [0.2, 0.25) is 11.3 Å². The van der Waals surface area contributed by atoms with Gasteiger partial charge in [-0.05, 0) is 181 Å². The van der Waals surface area contributed by atoms with E-state index in [2.05, 4.69) is 126 Å². The highest BCUT2D eigenvalue weighted by Crippen LogP contribution is 2.54. The van der Waals surface area contributed by atoms with Gasteiger partial charge in [-0.3, -0.25) is 0 Å². The van der Waals surface area contributed by atoms with Crippen LogP contribution in [-0.4, -0.2) is 41.6 Å². The zero-order chi connectivity index (χ0) is 37.5. The lowest BCUT2D eigenvalue weighted by Crippen LogP contribution is -2.71. The molecule has 8 nitrogen and oxygen atoms in total. The topological polar surface area (TPSA) is 65.3 Å². The third-order valence-electron chi connectivity index (χ3n) is 14.8. The summed E-state index contributed by atoms with van der Waals surface area (Å²) in [5, 5.41) is 4.54. The molecule has 4 aromatic carbocycles. The zero-order valence-corrected chi connectivity index (χ0v) is 33.3. The van der Waals surface area contributed by atoms with E-state index in [9.17, 15) is 0 Å². The van der Waals surface area contributed by atoms with Crippen molar-refractivity contribution in [2.24, 2.45) is 20.0 Å². The van der Waals surface area contributed by atoms with Crippen LogP contribution in [-0.2, 0) is 5.91 Å². The van der Waals surface area contributed by atoms with E-state index in [1.54, 1.807) is 0 Å². The van der Waals surface area contributed by atoms with Crippen molar-refractivity contribution < 1.29 is 9.15 Å². The Morgan fingerprint density at radius 1 is 0.407 bits per heavy atom. The molecule has 264 valence electrons. The molecule has 8 heteroatoms. The van der Waals surface area contributed by atoms with Gasteiger partial charge in [0, 0.05) is 21.5 Å². The molecular weight excluding hydrogens is 665 g/mol. The lowest BCUT2D eigenvalue weighted by atomic mass is 9.88. The summed E-state index contributed by atoms with van der Waals surface area (Å²) >= 11 is 0. The average molecular weight is 707 g/mol. The fraction of sp³-hybridized carbons (Fsp3) is 0.304. The summed E-state index contributed by atoms with van der Waals surface area (Å²) in [4.78, 5) is 23.1. The number of aromatic nitrogens is 2. The number of amidine groups is 4. The van der Waals surface area contributed by atoms with E-state index < -0.39 is 5.91 Å². The molecular formula is C46H42N8+2. The number of benzene rings is 4. The van der Waals surface area contributed by atoms with Crippen LogP contribution in [0.25, 0.3) is 21.5 Å². The van der Waals surface area contributed by atoms with E-state index in [1.165, 1.54) is 94.6 Å². The smallest absolute Gasteiger partial charge is 0.211 e. The van der Waals surface area contributed by atoms with Crippen LogP contribution >= 0.6 is 0 Å². The van der Waals surface area contributed by atoms with E-state index in [1.807, 2.05) is 0 Å². The molecule has 0 saturated heterocycles. The predicted molar refractivity (Wildman–Crippen MR) is 215 cm³/mol. The maximum absolute atomic E-state index is 5.84. The highest BCUT2D eigenvalue weighted by Gasteiger charge is 2.69. The first-order valence-corrected chi connectivity index (χ1v) is 19.2. The van der Waals surface area contributed by atoms with Gasteiger partial charge in [0.15, 0.2) is 11.3 Å². The van der Waals surface area contributed by atoms with E-state index in [0.29, 0.717) is 0 Å². The van der Waals surface area contributed by atoms with Gasteiger partial charge in [-0.15, -0.1) is 9.15 Å². The predicted octanol–water partition coefficient (Wildman–Crippen LogP) is 7.72. The third-order valence-corrected chi connectivity index (χ3v) is 14.8. The van der Waals surface area contributed by atoms with Crippen molar-refractivity contribution in [3.63, 3.8) is 0 Å². The molecule has 6 aliphatic heterocycles. The first-order valence-electron chi connectivity index (χ1n) is 19.2. The van der Waals surface area contributed by atoms with Crippen LogP contribution < -0.4 is 11.0 Å². The molecule has 0 bridgehead atoms. The molecule has 54 heavy (non-hydrogen) atoms. The molecule has 12 rings (SSSR count). The van der Waals surface area contributed by atoms with Crippen LogP contribution in [0.2, 0.25) is 0 Å². The molecule has 6 aliphatic rings. The SMILES string of the molecule is Cc1cc2c3n4c(c2cc1C)=Nc1c2c(C)c(C)c(C)cc2c2n1C41[N+]4=C(N=C5c6c(C)c(C)c(C)c(C)c6C(=[N+]51)N=3)c1c(C)c(C)c(C)c(C)c1C4=N2. The number of hydrogen-bond acceptors (Lipinski definition) is 4. The number of nitrogens with zero attached hydrogens (tertiary/aromatic N) is 8. The lowest BCUT2D eigenvalue weighted by molar-refractivity contribution is -0.791. The van der Waals surface area contributed by atoms with Gasteiger partial charge >= 0.3 is 5.91 Å². The normalized spacial score (nSPS) is 18.9. The summed E-state index contributed by atoms with van der Waals surface area (Å²) in [5.74, 6) is 4.66. The quantitative estimate of drug-likeness (QED) is 0.145. The average Bonchev–Trinajstić information content (AvgIpc) is 3.85. The Morgan fingerprint density at radius 2 is 0.870 bits per heavy atom. The monoisotopic (exact) mass is 706 g/mol. The molecule has 6 aromatic rings. The molecule has 0 amide bonds. The van der Waals surface area contributed by atoms with Gasteiger partial charge in [-0.25, -0.2) is 14.1 Å². The molecule has 8 heterocycles. The number of hydrogen-bond donors (Lipinski definition) is 0. The summed E-state index contributed by atoms with van der Waals surface area (Å²) in [5.41, 5.74) is 23.1. The van der Waals surface area contributed by atoms with Crippen molar-refractivity contribution in [3.05, 3.63) is 124 Å². The van der Waals surface area contributed by atoms with Crippen LogP contribution in [0.4, 0.5) is 11.6 Å². The van der Waals surface area contributed by atoms with E-state index in [4.69, 9.17) is 20.0 Å². The Bertz CT molecular complexity index is 3330. The van der Waals surface area contributed by atoms with E-state index in [0.717, 1.165) is 67.5 Å². The van der Waals surface area contributed by atoms with Crippen LogP contribution in [0.15, 0.2) is 38.2 Å². The molecule has 0 saturated carbocycles. The molecule has 1 spiro atoms. The number of rotatable bonds is 0. The minimum absolute atomic E-state index is 0.928.